The van der Waals surface area contributed by atoms with Crippen LogP contribution in [0.4, 0.5) is 0 Å². The van der Waals surface area contributed by atoms with E-state index >= 15 is 0 Å². The van der Waals surface area contributed by atoms with Gasteiger partial charge in [0.15, 0.2) is 0 Å². The molecule has 0 saturated carbocycles. The van der Waals surface area contributed by atoms with Crippen molar-refractivity contribution in [2.24, 2.45) is 5.92 Å². The molecule has 1 nitrogen and oxygen atoms in total. The highest BCUT2D eigenvalue weighted by molar-refractivity contribution is 9.09. The van der Waals surface area contributed by atoms with Gasteiger partial charge in [-0.1, -0.05) is 15.9 Å². The van der Waals surface area contributed by atoms with Crippen molar-refractivity contribution in [3.05, 3.63) is 0 Å². The standard InChI is InChI=1S/C7H14BrN/c1-9-4-2-3-7(5-8)6-9/h7H,2-6H2,1H3. The van der Waals surface area contributed by atoms with Crippen LogP contribution in [0.25, 0.3) is 0 Å². The molecule has 0 amide bonds. The average molecular weight is 192 g/mol. The minimum Gasteiger partial charge on any atom is -0.306 e. The predicted molar refractivity (Wildman–Crippen MR) is 44.0 cm³/mol. The van der Waals surface area contributed by atoms with Gasteiger partial charge in [0.1, 0.15) is 0 Å². The Morgan fingerprint density at radius 2 is 2.44 bits per heavy atom. The van der Waals surface area contributed by atoms with E-state index in [1.54, 1.807) is 0 Å². The van der Waals surface area contributed by atoms with Gasteiger partial charge in [-0.15, -0.1) is 0 Å². The minimum absolute atomic E-state index is 0.906. The van der Waals surface area contributed by atoms with Crippen LogP contribution < -0.4 is 0 Å². The highest BCUT2D eigenvalue weighted by Gasteiger charge is 2.14. The Labute approximate surface area is 65.6 Å². The molecule has 1 heterocycles. The van der Waals surface area contributed by atoms with Crippen LogP contribution >= 0.6 is 15.9 Å². The van der Waals surface area contributed by atoms with E-state index in [9.17, 15) is 0 Å². The monoisotopic (exact) mass is 191 g/mol. The van der Waals surface area contributed by atoms with Gasteiger partial charge in [-0.25, -0.2) is 0 Å². The maximum absolute atomic E-state index is 3.51. The third-order valence-electron chi connectivity index (χ3n) is 1.94. The molecule has 9 heavy (non-hydrogen) atoms. The molecule has 1 rings (SSSR count). The van der Waals surface area contributed by atoms with Gasteiger partial charge in [-0.05, 0) is 32.4 Å². The van der Waals surface area contributed by atoms with E-state index in [0.717, 1.165) is 5.92 Å². The van der Waals surface area contributed by atoms with Gasteiger partial charge >= 0.3 is 0 Å². The van der Waals surface area contributed by atoms with Crippen molar-refractivity contribution in [3.63, 3.8) is 0 Å². The molecule has 1 saturated heterocycles. The highest BCUT2D eigenvalue weighted by atomic mass is 79.9. The van der Waals surface area contributed by atoms with Crippen LogP contribution in [0, 0.1) is 5.92 Å². The number of likely N-dealkylation sites (tertiary alicyclic amines) is 1. The fraction of sp³-hybridized carbons (Fsp3) is 1.00. The summed E-state index contributed by atoms with van der Waals surface area (Å²) in [6.07, 6.45) is 2.79. The second-order valence-corrected chi connectivity index (χ2v) is 3.57. The van der Waals surface area contributed by atoms with Crippen LogP contribution in [0.5, 0.6) is 0 Å². The van der Waals surface area contributed by atoms with Crippen LogP contribution in [0.1, 0.15) is 12.8 Å². The highest BCUT2D eigenvalue weighted by Crippen LogP contribution is 2.16. The first kappa shape index (κ1) is 7.55. The molecule has 0 aliphatic carbocycles. The Kier molecular flexibility index (Phi) is 2.99. The van der Waals surface area contributed by atoms with E-state index in [2.05, 4.69) is 27.9 Å². The lowest BCUT2D eigenvalue weighted by molar-refractivity contribution is 0.225. The van der Waals surface area contributed by atoms with E-state index in [1.807, 2.05) is 0 Å². The van der Waals surface area contributed by atoms with E-state index in [1.165, 1.54) is 31.3 Å². The second kappa shape index (κ2) is 3.57. The number of piperidine rings is 1. The van der Waals surface area contributed by atoms with Crippen molar-refractivity contribution in [1.82, 2.24) is 4.90 Å². The van der Waals surface area contributed by atoms with Crippen LogP contribution in [0.2, 0.25) is 0 Å². The summed E-state index contributed by atoms with van der Waals surface area (Å²) in [6.45, 7) is 2.58. The Bertz CT molecular complexity index is 85.0. The number of hydrogen-bond acceptors (Lipinski definition) is 1. The SMILES string of the molecule is CN1CCCC(CBr)C1. The topological polar surface area (TPSA) is 3.24 Å². The third-order valence-corrected chi connectivity index (χ3v) is 2.86. The molecule has 0 aromatic heterocycles. The van der Waals surface area contributed by atoms with E-state index in [4.69, 9.17) is 0 Å². The number of nitrogens with zero attached hydrogens (tertiary/aromatic N) is 1. The summed E-state index contributed by atoms with van der Waals surface area (Å²) in [6, 6.07) is 0. The molecule has 0 radical (unpaired) electrons. The molecule has 0 aromatic carbocycles. The minimum atomic E-state index is 0.906. The second-order valence-electron chi connectivity index (χ2n) is 2.92. The molecule has 1 atom stereocenters. The molecular formula is C7H14BrN. The maximum Gasteiger partial charge on any atom is 0.00718 e. The van der Waals surface area contributed by atoms with Crippen molar-refractivity contribution in [2.75, 3.05) is 25.5 Å². The van der Waals surface area contributed by atoms with E-state index < -0.39 is 0 Å². The van der Waals surface area contributed by atoms with Crippen molar-refractivity contribution >= 4 is 15.9 Å². The Hall–Kier alpha value is 0.440. The Morgan fingerprint density at radius 1 is 1.67 bits per heavy atom. The fourth-order valence-corrected chi connectivity index (χ4v) is 1.93. The maximum atomic E-state index is 3.51. The van der Waals surface area contributed by atoms with Gasteiger partial charge < -0.3 is 4.90 Å². The molecule has 2 heteroatoms. The zero-order valence-corrected chi connectivity index (χ0v) is 7.52. The average Bonchev–Trinajstić information content (AvgIpc) is 1.88. The van der Waals surface area contributed by atoms with Crippen molar-refractivity contribution < 1.29 is 0 Å². The first-order valence-electron chi connectivity index (χ1n) is 3.57. The van der Waals surface area contributed by atoms with Gasteiger partial charge in [0.05, 0.1) is 0 Å². The molecule has 1 aliphatic rings. The van der Waals surface area contributed by atoms with Gasteiger partial charge in [-0.2, -0.15) is 0 Å². The molecular weight excluding hydrogens is 178 g/mol. The number of halogens is 1. The van der Waals surface area contributed by atoms with E-state index in [-0.39, 0.29) is 0 Å². The molecule has 1 unspecified atom stereocenters. The smallest absolute Gasteiger partial charge is 0.00718 e. The summed E-state index contributed by atoms with van der Waals surface area (Å²) >= 11 is 3.51. The van der Waals surface area contributed by atoms with Crippen LogP contribution in [0.3, 0.4) is 0 Å². The van der Waals surface area contributed by atoms with Gasteiger partial charge in [-0.3, -0.25) is 0 Å². The van der Waals surface area contributed by atoms with Gasteiger partial charge in [0.25, 0.3) is 0 Å². The van der Waals surface area contributed by atoms with Crippen molar-refractivity contribution in [3.8, 4) is 0 Å². The lowest BCUT2D eigenvalue weighted by atomic mass is 10.0. The molecule has 1 fully saturated rings. The summed E-state index contributed by atoms with van der Waals surface area (Å²) in [4.78, 5) is 2.41. The summed E-state index contributed by atoms with van der Waals surface area (Å²) in [5, 5.41) is 1.18. The van der Waals surface area contributed by atoms with Crippen LogP contribution in [0.15, 0.2) is 0 Å². The van der Waals surface area contributed by atoms with Gasteiger partial charge in [0, 0.05) is 11.9 Å². The third kappa shape index (κ3) is 2.26. The van der Waals surface area contributed by atoms with Crippen LogP contribution in [-0.2, 0) is 0 Å². The predicted octanol–water partition coefficient (Wildman–Crippen LogP) is 1.72. The van der Waals surface area contributed by atoms with Crippen molar-refractivity contribution in [1.29, 1.82) is 0 Å². The first-order chi connectivity index (χ1) is 4.33. The Morgan fingerprint density at radius 3 is 2.89 bits per heavy atom. The quantitative estimate of drug-likeness (QED) is 0.572. The fourth-order valence-electron chi connectivity index (χ4n) is 1.40. The molecule has 1 aliphatic heterocycles. The van der Waals surface area contributed by atoms with Crippen molar-refractivity contribution in [2.45, 2.75) is 12.8 Å². The zero-order chi connectivity index (χ0) is 6.69. The normalized spacial score (nSPS) is 30.7. The summed E-state index contributed by atoms with van der Waals surface area (Å²) < 4.78 is 0. The summed E-state index contributed by atoms with van der Waals surface area (Å²) in [5.74, 6) is 0.906. The first-order valence-corrected chi connectivity index (χ1v) is 4.69. The lowest BCUT2D eigenvalue weighted by Crippen LogP contribution is -2.32. The Balaban J connectivity index is 2.23. The summed E-state index contributed by atoms with van der Waals surface area (Å²) in [5.41, 5.74) is 0. The number of rotatable bonds is 1. The largest absolute Gasteiger partial charge is 0.306 e. The molecule has 0 N–H and O–H groups in total. The lowest BCUT2D eigenvalue weighted by Gasteiger charge is -2.28. The van der Waals surface area contributed by atoms with Gasteiger partial charge in [0.2, 0.25) is 0 Å². The number of alkyl halides is 1. The molecule has 0 bridgehead atoms. The molecule has 0 spiro atoms. The zero-order valence-electron chi connectivity index (χ0n) is 5.94. The molecule has 0 aromatic rings. The van der Waals surface area contributed by atoms with Crippen LogP contribution in [-0.4, -0.2) is 30.4 Å². The molecule has 54 valence electrons. The summed E-state index contributed by atoms with van der Waals surface area (Å²) in [7, 11) is 2.20. The number of hydrogen-bond donors (Lipinski definition) is 0. The van der Waals surface area contributed by atoms with E-state index in [0.29, 0.717) is 0 Å².